The van der Waals surface area contributed by atoms with E-state index in [0.29, 0.717) is 45.0 Å². The Morgan fingerprint density at radius 2 is 1.73 bits per heavy atom. The van der Waals surface area contributed by atoms with E-state index >= 15 is 0 Å². The average Bonchev–Trinajstić information content (AvgIpc) is 3.26. The first kappa shape index (κ1) is 23.3. The van der Waals surface area contributed by atoms with Gasteiger partial charge in [0.2, 0.25) is 11.8 Å². The summed E-state index contributed by atoms with van der Waals surface area (Å²) < 4.78 is 32.9. The standard InChI is InChI=1S/C24H29N3O5S/c1-18-4-3-5-20(16-18)25(2)33(30,31)21-6-7-22-19(17-21)10-11-27(22)24(29)9-8-23(28)26-12-14-32-15-13-26/h3-7,16-17H,8-15H2,1-2H3. The van der Waals surface area contributed by atoms with Gasteiger partial charge in [-0.3, -0.25) is 13.9 Å². The number of ether oxygens (including phenoxy) is 1. The summed E-state index contributed by atoms with van der Waals surface area (Å²) in [4.78, 5) is 28.7. The van der Waals surface area contributed by atoms with Crippen LogP contribution in [0.3, 0.4) is 0 Å². The highest BCUT2D eigenvalue weighted by atomic mass is 32.2. The van der Waals surface area contributed by atoms with Crippen LogP contribution in [0.2, 0.25) is 0 Å². The largest absolute Gasteiger partial charge is 0.378 e. The van der Waals surface area contributed by atoms with E-state index in [0.717, 1.165) is 16.8 Å². The van der Waals surface area contributed by atoms with Gasteiger partial charge in [0.25, 0.3) is 10.0 Å². The Hall–Kier alpha value is -2.91. The molecule has 2 heterocycles. The lowest BCUT2D eigenvalue weighted by atomic mass is 10.2. The van der Waals surface area contributed by atoms with E-state index < -0.39 is 10.0 Å². The first-order valence-electron chi connectivity index (χ1n) is 11.1. The molecule has 4 rings (SSSR count). The van der Waals surface area contributed by atoms with Crippen molar-refractivity contribution in [1.29, 1.82) is 0 Å². The van der Waals surface area contributed by atoms with E-state index in [1.54, 1.807) is 41.1 Å². The minimum Gasteiger partial charge on any atom is -0.378 e. The molecule has 1 saturated heterocycles. The maximum absolute atomic E-state index is 13.2. The number of amides is 2. The number of benzene rings is 2. The third-order valence-corrected chi connectivity index (χ3v) is 7.97. The minimum absolute atomic E-state index is 0.0355. The first-order valence-corrected chi connectivity index (χ1v) is 12.6. The number of hydrogen-bond donors (Lipinski definition) is 0. The van der Waals surface area contributed by atoms with Gasteiger partial charge in [0.1, 0.15) is 0 Å². The highest BCUT2D eigenvalue weighted by Crippen LogP contribution is 2.32. The van der Waals surface area contributed by atoms with Crippen LogP contribution in [0, 0.1) is 6.92 Å². The van der Waals surface area contributed by atoms with E-state index in [9.17, 15) is 18.0 Å². The lowest BCUT2D eigenvalue weighted by Crippen LogP contribution is -2.41. The molecule has 2 aliphatic rings. The van der Waals surface area contributed by atoms with Crippen molar-refractivity contribution in [1.82, 2.24) is 4.90 Å². The molecule has 8 nitrogen and oxygen atoms in total. The van der Waals surface area contributed by atoms with Crippen molar-refractivity contribution in [3.8, 4) is 0 Å². The highest BCUT2D eigenvalue weighted by Gasteiger charge is 2.29. The van der Waals surface area contributed by atoms with E-state index in [2.05, 4.69) is 0 Å². The smallest absolute Gasteiger partial charge is 0.264 e. The normalized spacial score (nSPS) is 15.9. The second-order valence-electron chi connectivity index (χ2n) is 8.39. The zero-order chi connectivity index (χ0) is 23.6. The van der Waals surface area contributed by atoms with Gasteiger partial charge in [-0.2, -0.15) is 0 Å². The van der Waals surface area contributed by atoms with Crippen LogP contribution in [0.5, 0.6) is 0 Å². The fraction of sp³-hybridized carbons (Fsp3) is 0.417. The van der Waals surface area contributed by atoms with Crippen molar-refractivity contribution >= 4 is 33.2 Å². The molecule has 176 valence electrons. The lowest BCUT2D eigenvalue weighted by Gasteiger charge is -2.27. The van der Waals surface area contributed by atoms with E-state index in [1.165, 1.54) is 4.31 Å². The van der Waals surface area contributed by atoms with Crippen LogP contribution in [-0.4, -0.2) is 65.0 Å². The molecule has 2 amide bonds. The first-order chi connectivity index (χ1) is 15.8. The minimum atomic E-state index is -3.73. The summed E-state index contributed by atoms with van der Waals surface area (Å²) in [6, 6.07) is 12.2. The van der Waals surface area contributed by atoms with Crippen molar-refractivity contribution in [2.24, 2.45) is 0 Å². The number of morpholine rings is 1. The number of aryl methyl sites for hydroxylation is 1. The Morgan fingerprint density at radius 1 is 1.00 bits per heavy atom. The maximum Gasteiger partial charge on any atom is 0.264 e. The molecule has 0 aliphatic carbocycles. The maximum atomic E-state index is 13.2. The molecule has 0 bridgehead atoms. The van der Waals surface area contributed by atoms with E-state index in [1.807, 2.05) is 25.1 Å². The summed E-state index contributed by atoms with van der Waals surface area (Å²) in [5, 5.41) is 0. The number of anilines is 2. The molecular weight excluding hydrogens is 442 g/mol. The zero-order valence-corrected chi connectivity index (χ0v) is 19.8. The number of hydrogen-bond acceptors (Lipinski definition) is 5. The van der Waals surface area contributed by atoms with E-state index in [-0.39, 0.29) is 29.6 Å². The van der Waals surface area contributed by atoms with Crippen molar-refractivity contribution in [3.63, 3.8) is 0 Å². The van der Waals surface area contributed by atoms with Crippen LogP contribution in [0.25, 0.3) is 0 Å². The Balaban J connectivity index is 1.45. The van der Waals surface area contributed by atoms with Crippen molar-refractivity contribution in [2.45, 2.75) is 31.1 Å². The SMILES string of the molecule is Cc1cccc(N(C)S(=O)(=O)c2ccc3c(c2)CCN3C(=O)CCC(=O)N2CCOCC2)c1. The molecule has 33 heavy (non-hydrogen) atoms. The van der Waals surface area contributed by atoms with Crippen molar-refractivity contribution in [3.05, 3.63) is 53.6 Å². The summed E-state index contributed by atoms with van der Waals surface area (Å²) in [6.45, 7) is 4.59. The molecule has 1 fully saturated rings. The molecule has 0 unspecified atom stereocenters. The van der Waals surface area contributed by atoms with Crippen molar-refractivity contribution < 1.29 is 22.7 Å². The molecule has 0 atom stereocenters. The molecule has 2 aromatic rings. The fourth-order valence-corrected chi connectivity index (χ4v) is 5.48. The third-order valence-electron chi connectivity index (χ3n) is 6.19. The number of carbonyl (C=O) groups is 2. The van der Waals surface area contributed by atoms with Crippen LogP contribution < -0.4 is 9.21 Å². The second kappa shape index (κ2) is 9.52. The van der Waals surface area contributed by atoms with Crippen LogP contribution in [0.1, 0.15) is 24.0 Å². The van der Waals surface area contributed by atoms with Gasteiger partial charge in [0.15, 0.2) is 0 Å². The number of nitrogens with zero attached hydrogens (tertiary/aromatic N) is 3. The Morgan fingerprint density at radius 3 is 2.45 bits per heavy atom. The fourth-order valence-electron chi connectivity index (χ4n) is 4.24. The van der Waals surface area contributed by atoms with Gasteiger partial charge >= 0.3 is 0 Å². The second-order valence-corrected chi connectivity index (χ2v) is 10.4. The molecule has 0 radical (unpaired) electrons. The average molecular weight is 472 g/mol. The molecule has 0 saturated carbocycles. The topological polar surface area (TPSA) is 87.2 Å². The zero-order valence-electron chi connectivity index (χ0n) is 19.0. The summed E-state index contributed by atoms with van der Waals surface area (Å²) in [6.07, 6.45) is 0.875. The molecule has 0 aromatic heterocycles. The number of fused-ring (bicyclic) bond motifs is 1. The molecule has 2 aliphatic heterocycles. The summed E-state index contributed by atoms with van der Waals surface area (Å²) in [5.74, 6) is -0.158. The van der Waals surface area contributed by atoms with Crippen LogP contribution in [0.15, 0.2) is 47.4 Å². The van der Waals surface area contributed by atoms with Crippen molar-refractivity contribution in [2.75, 3.05) is 49.1 Å². The number of rotatable bonds is 6. The quantitative estimate of drug-likeness (QED) is 0.646. The van der Waals surface area contributed by atoms with Crippen LogP contribution in [0.4, 0.5) is 11.4 Å². The van der Waals surface area contributed by atoms with Gasteiger partial charge in [-0.1, -0.05) is 12.1 Å². The van der Waals surface area contributed by atoms with Gasteiger partial charge in [-0.15, -0.1) is 0 Å². The van der Waals surface area contributed by atoms with Gasteiger partial charge < -0.3 is 14.5 Å². The predicted molar refractivity (Wildman–Crippen MR) is 126 cm³/mol. The molecule has 0 N–H and O–H groups in total. The van der Waals surface area contributed by atoms with Gasteiger partial charge in [-0.25, -0.2) is 8.42 Å². The molecule has 0 spiro atoms. The molecular formula is C24H29N3O5S. The Kier molecular flexibility index (Phi) is 6.71. The summed E-state index contributed by atoms with van der Waals surface area (Å²) in [7, 11) is -2.19. The van der Waals surface area contributed by atoms with Crippen LogP contribution in [-0.2, 0) is 30.8 Å². The van der Waals surface area contributed by atoms with E-state index in [4.69, 9.17) is 4.74 Å². The third kappa shape index (κ3) is 4.89. The van der Waals surface area contributed by atoms with Gasteiger partial charge in [-0.05, 0) is 54.8 Å². The predicted octanol–water partition coefficient (Wildman–Crippen LogP) is 2.35. The Labute approximate surface area is 194 Å². The molecule has 9 heteroatoms. The van der Waals surface area contributed by atoms with Crippen LogP contribution >= 0.6 is 0 Å². The lowest BCUT2D eigenvalue weighted by molar-refractivity contribution is -0.136. The summed E-state index contributed by atoms with van der Waals surface area (Å²) >= 11 is 0. The number of sulfonamides is 1. The van der Waals surface area contributed by atoms with Gasteiger partial charge in [0, 0.05) is 45.2 Å². The summed E-state index contributed by atoms with van der Waals surface area (Å²) in [5.41, 5.74) is 3.11. The van der Waals surface area contributed by atoms with Gasteiger partial charge in [0.05, 0.1) is 23.8 Å². The Bertz CT molecular complexity index is 1160. The highest BCUT2D eigenvalue weighted by molar-refractivity contribution is 7.92. The number of carbonyl (C=O) groups excluding carboxylic acids is 2. The monoisotopic (exact) mass is 471 g/mol. The molecule has 2 aromatic carbocycles.